The topological polar surface area (TPSA) is 58.0 Å². The van der Waals surface area contributed by atoms with Crippen molar-refractivity contribution in [2.75, 3.05) is 44.2 Å². The molecule has 3 heterocycles. The SMILES string of the molecule is O=C(NCC1CCCO1)c1ccc(CN2CCN(c3ccccc3)CC2)o1. The van der Waals surface area contributed by atoms with Gasteiger partial charge in [-0.05, 0) is 37.1 Å². The van der Waals surface area contributed by atoms with Gasteiger partial charge in [0.2, 0.25) is 0 Å². The number of piperazine rings is 1. The van der Waals surface area contributed by atoms with E-state index in [0.29, 0.717) is 12.3 Å². The van der Waals surface area contributed by atoms with E-state index in [4.69, 9.17) is 9.15 Å². The number of hydrogen-bond acceptors (Lipinski definition) is 5. The molecule has 0 spiro atoms. The molecule has 0 aliphatic carbocycles. The quantitative estimate of drug-likeness (QED) is 0.848. The first-order valence-electron chi connectivity index (χ1n) is 9.79. The Morgan fingerprint density at radius 3 is 2.63 bits per heavy atom. The maximum atomic E-state index is 12.2. The highest BCUT2D eigenvalue weighted by molar-refractivity contribution is 5.91. The van der Waals surface area contributed by atoms with Crippen molar-refractivity contribution in [1.82, 2.24) is 10.2 Å². The zero-order chi connectivity index (χ0) is 18.5. The zero-order valence-electron chi connectivity index (χ0n) is 15.6. The summed E-state index contributed by atoms with van der Waals surface area (Å²) in [6.07, 6.45) is 2.23. The third-order valence-electron chi connectivity index (χ3n) is 5.27. The molecule has 2 aliphatic heterocycles. The summed E-state index contributed by atoms with van der Waals surface area (Å²) in [5.41, 5.74) is 1.28. The van der Waals surface area contributed by atoms with Crippen LogP contribution in [0.4, 0.5) is 5.69 Å². The number of carbonyl (C=O) groups is 1. The zero-order valence-corrected chi connectivity index (χ0v) is 15.6. The molecule has 1 aromatic heterocycles. The second kappa shape index (κ2) is 8.59. The van der Waals surface area contributed by atoms with Crippen molar-refractivity contribution in [2.45, 2.75) is 25.5 Å². The monoisotopic (exact) mass is 369 g/mol. The molecule has 6 heteroatoms. The van der Waals surface area contributed by atoms with Crippen LogP contribution in [0.15, 0.2) is 46.9 Å². The lowest BCUT2D eigenvalue weighted by atomic mass is 10.2. The van der Waals surface area contributed by atoms with Crippen LogP contribution < -0.4 is 10.2 Å². The fourth-order valence-corrected chi connectivity index (χ4v) is 3.71. The second-order valence-electron chi connectivity index (χ2n) is 7.21. The van der Waals surface area contributed by atoms with Crippen LogP contribution in [0, 0.1) is 0 Å². The number of rotatable bonds is 6. The van der Waals surface area contributed by atoms with Crippen LogP contribution in [-0.2, 0) is 11.3 Å². The molecule has 1 atom stereocenters. The summed E-state index contributed by atoms with van der Waals surface area (Å²) in [5.74, 6) is 1.06. The summed E-state index contributed by atoms with van der Waals surface area (Å²) in [5, 5.41) is 2.90. The van der Waals surface area contributed by atoms with Gasteiger partial charge in [-0.3, -0.25) is 9.69 Å². The Morgan fingerprint density at radius 1 is 1.07 bits per heavy atom. The summed E-state index contributed by atoms with van der Waals surface area (Å²) in [7, 11) is 0. The Morgan fingerprint density at radius 2 is 1.89 bits per heavy atom. The number of amides is 1. The van der Waals surface area contributed by atoms with Gasteiger partial charge in [-0.2, -0.15) is 0 Å². The normalized spacial score (nSPS) is 20.7. The number of nitrogens with one attached hydrogen (secondary N) is 1. The Balaban J connectivity index is 1.24. The number of benzene rings is 1. The number of anilines is 1. The summed E-state index contributed by atoms with van der Waals surface area (Å²) < 4.78 is 11.3. The maximum absolute atomic E-state index is 12.2. The summed E-state index contributed by atoms with van der Waals surface area (Å²) >= 11 is 0. The van der Waals surface area contributed by atoms with Crippen molar-refractivity contribution < 1.29 is 13.9 Å². The summed E-state index contributed by atoms with van der Waals surface area (Å²) in [6.45, 7) is 6.05. The summed E-state index contributed by atoms with van der Waals surface area (Å²) in [6, 6.07) is 14.2. The molecule has 0 saturated carbocycles. The number of nitrogens with zero attached hydrogens (tertiary/aromatic N) is 2. The number of carbonyl (C=O) groups excluding carboxylic acids is 1. The van der Waals surface area contributed by atoms with Gasteiger partial charge in [0, 0.05) is 45.0 Å². The highest BCUT2D eigenvalue weighted by Crippen LogP contribution is 2.18. The molecule has 27 heavy (non-hydrogen) atoms. The average molecular weight is 369 g/mol. The Hall–Kier alpha value is -2.31. The molecule has 1 aromatic carbocycles. The van der Waals surface area contributed by atoms with Crippen molar-refractivity contribution in [2.24, 2.45) is 0 Å². The van der Waals surface area contributed by atoms with Gasteiger partial charge in [-0.15, -0.1) is 0 Å². The molecule has 2 aliphatic rings. The van der Waals surface area contributed by atoms with Crippen LogP contribution in [0.3, 0.4) is 0 Å². The van der Waals surface area contributed by atoms with E-state index < -0.39 is 0 Å². The first kappa shape index (κ1) is 18.1. The van der Waals surface area contributed by atoms with Crippen LogP contribution in [-0.4, -0.2) is 56.2 Å². The third kappa shape index (κ3) is 4.70. The fourth-order valence-electron chi connectivity index (χ4n) is 3.71. The second-order valence-corrected chi connectivity index (χ2v) is 7.21. The minimum atomic E-state index is -0.161. The lowest BCUT2D eigenvalue weighted by Gasteiger charge is -2.35. The lowest BCUT2D eigenvalue weighted by Crippen LogP contribution is -2.45. The van der Waals surface area contributed by atoms with Crippen LogP contribution in [0.1, 0.15) is 29.2 Å². The third-order valence-corrected chi connectivity index (χ3v) is 5.27. The molecule has 144 valence electrons. The smallest absolute Gasteiger partial charge is 0.287 e. The van der Waals surface area contributed by atoms with Gasteiger partial charge in [-0.1, -0.05) is 18.2 Å². The van der Waals surface area contributed by atoms with Crippen LogP contribution >= 0.6 is 0 Å². The van der Waals surface area contributed by atoms with E-state index in [2.05, 4.69) is 39.4 Å². The Labute approximate surface area is 160 Å². The van der Waals surface area contributed by atoms with Gasteiger partial charge in [-0.25, -0.2) is 0 Å². The van der Waals surface area contributed by atoms with Crippen LogP contribution in [0.25, 0.3) is 0 Å². The highest BCUT2D eigenvalue weighted by Gasteiger charge is 2.20. The van der Waals surface area contributed by atoms with Gasteiger partial charge >= 0.3 is 0 Å². The van der Waals surface area contributed by atoms with E-state index in [1.807, 2.05) is 12.1 Å². The standard InChI is InChI=1S/C21H27N3O3/c25-21(22-15-18-7-4-14-26-18)20-9-8-19(27-20)16-23-10-12-24(13-11-23)17-5-2-1-3-6-17/h1-3,5-6,8-9,18H,4,7,10-16H2,(H,22,25). The molecular formula is C21H27N3O3. The number of hydrogen-bond donors (Lipinski definition) is 1. The minimum absolute atomic E-state index is 0.143. The minimum Gasteiger partial charge on any atom is -0.455 e. The summed E-state index contributed by atoms with van der Waals surface area (Å²) in [4.78, 5) is 17.0. The van der Waals surface area contributed by atoms with Gasteiger partial charge in [0.25, 0.3) is 5.91 Å². The molecule has 1 amide bonds. The van der Waals surface area contributed by atoms with Gasteiger partial charge in [0.1, 0.15) is 5.76 Å². The molecule has 4 rings (SSSR count). The maximum Gasteiger partial charge on any atom is 0.287 e. The first-order valence-corrected chi connectivity index (χ1v) is 9.79. The number of ether oxygens (including phenoxy) is 1. The number of para-hydroxylation sites is 1. The molecule has 1 N–H and O–H groups in total. The van der Waals surface area contributed by atoms with Gasteiger partial charge in [0.05, 0.1) is 12.6 Å². The van der Waals surface area contributed by atoms with Crippen molar-refractivity contribution in [3.63, 3.8) is 0 Å². The van der Waals surface area contributed by atoms with Crippen molar-refractivity contribution in [1.29, 1.82) is 0 Å². The average Bonchev–Trinajstić information content (AvgIpc) is 3.40. The van der Waals surface area contributed by atoms with E-state index in [0.717, 1.165) is 57.9 Å². The lowest BCUT2D eigenvalue weighted by molar-refractivity contribution is 0.0832. The molecule has 0 bridgehead atoms. The molecule has 2 saturated heterocycles. The van der Waals surface area contributed by atoms with Gasteiger partial charge < -0.3 is 19.4 Å². The molecule has 2 aromatic rings. The van der Waals surface area contributed by atoms with Crippen molar-refractivity contribution in [3.05, 3.63) is 54.0 Å². The molecule has 2 fully saturated rings. The first-order chi connectivity index (χ1) is 13.3. The Bertz CT molecular complexity index is 732. The predicted octanol–water partition coefficient (Wildman–Crippen LogP) is 2.51. The molecular weight excluding hydrogens is 342 g/mol. The van der Waals surface area contributed by atoms with Gasteiger partial charge in [0.15, 0.2) is 5.76 Å². The van der Waals surface area contributed by atoms with Crippen molar-refractivity contribution >= 4 is 11.6 Å². The molecule has 1 unspecified atom stereocenters. The molecule has 0 radical (unpaired) electrons. The van der Waals surface area contributed by atoms with E-state index >= 15 is 0 Å². The van der Waals surface area contributed by atoms with E-state index in [9.17, 15) is 4.79 Å². The van der Waals surface area contributed by atoms with E-state index in [1.54, 1.807) is 6.07 Å². The predicted molar refractivity (Wildman–Crippen MR) is 104 cm³/mol. The van der Waals surface area contributed by atoms with E-state index in [-0.39, 0.29) is 12.0 Å². The largest absolute Gasteiger partial charge is 0.455 e. The van der Waals surface area contributed by atoms with Crippen LogP contribution in [0.2, 0.25) is 0 Å². The number of furan rings is 1. The fraction of sp³-hybridized carbons (Fsp3) is 0.476. The van der Waals surface area contributed by atoms with E-state index in [1.165, 1.54) is 5.69 Å². The Kier molecular flexibility index (Phi) is 5.75. The van der Waals surface area contributed by atoms with Crippen LogP contribution in [0.5, 0.6) is 0 Å². The highest BCUT2D eigenvalue weighted by atomic mass is 16.5. The van der Waals surface area contributed by atoms with Crippen molar-refractivity contribution in [3.8, 4) is 0 Å². The molecule has 6 nitrogen and oxygen atoms in total.